The Morgan fingerprint density at radius 2 is 1.95 bits per heavy atom. The molecular weight excluding hydrogens is 276 g/mol. The molecule has 1 rings (SSSR count). The van der Waals surface area contributed by atoms with Crippen molar-refractivity contribution in [2.45, 2.75) is 38.1 Å². The van der Waals surface area contributed by atoms with E-state index in [2.05, 4.69) is 4.72 Å². The second kappa shape index (κ2) is 8.36. The zero-order chi connectivity index (χ0) is 15.0. The summed E-state index contributed by atoms with van der Waals surface area (Å²) in [5, 5.41) is 0. The number of methoxy groups -OCH3 is 1. The molecule has 0 aliphatic heterocycles. The summed E-state index contributed by atoms with van der Waals surface area (Å²) in [4.78, 5) is 0. The van der Waals surface area contributed by atoms with Crippen LogP contribution in [0.25, 0.3) is 0 Å². The van der Waals surface area contributed by atoms with Crippen LogP contribution in [0, 0.1) is 0 Å². The number of nitrogens with two attached hydrogens (primary N) is 1. The highest BCUT2D eigenvalue weighted by molar-refractivity contribution is 7.88. The van der Waals surface area contributed by atoms with Crippen LogP contribution in [0.2, 0.25) is 0 Å². The monoisotopic (exact) mass is 300 g/mol. The van der Waals surface area contributed by atoms with E-state index >= 15 is 0 Å². The molecule has 0 saturated carbocycles. The molecule has 1 aromatic carbocycles. The fourth-order valence-electron chi connectivity index (χ4n) is 2.12. The lowest BCUT2D eigenvalue weighted by Gasteiger charge is -2.18. The van der Waals surface area contributed by atoms with Gasteiger partial charge in [0.05, 0.1) is 12.4 Å². The highest BCUT2D eigenvalue weighted by Gasteiger charge is 2.18. The highest BCUT2D eigenvalue weighted by atomic mass is 32.2. The Labute approximate surface area is 121 Å². The van der Waals surface area contributed by atoms with Crippen LogP contribution in [0.15, 0.2) is 24.3 Å². The summed E-state index contributed by atoms with van der Waals surface area (Å²) in [5.74, 6) is -0.0513. The summed E-state index contributed by atoms with van der Waals surface area (Å²) in [6.07, 6.45) is 1.65. The first-order chi connectivity index (χ1) is 9.52. The zero-order valence-corrected chi connectivity index (χ0v) is 12.9. The first-order valence-electron chi connectivity index (χ1n) is 6.78. The molecule has 0 fully saturated rings. The molecular formula is C14H24N2O3S. The summed E-state index contributed by atoms with van der Waals surface area (Å²) >= 11 is 0. The number of sulfonamides is 1. The van der Waals surface area contributed by atoms with Crippen LogP contribution in [-0.2, 0) is 27.1 Å². The lowest BCUT2D eigenvalue weighted by atomic mass is 10.1. The molecule has 0 radical (unpaired) electrons. The van der Waals surface area contributed by atoms with Gasteiger partial charge in [-0.2, -0.15) is 0 Å². The maximum Gasteiger partial charge on any atom is 0.216 e. The van der Waals surface area contributed by atoms with E-state index in [1.165, 1.54) is 0 Å². The Morgan fingerprint density at radius 3 is 2.50 bits per heavy atom. The van der Waals surface area contributed by atoms with E-state index in [-0.39, 0.29) is 11.8 Å². The average molecular weight is 300 g/mol. The largest absolute Gasteiger partial charge is 0.383 e. The van der Waals surface area contributed by atoms with E-state index in [0.29, 0.717) is 13.2 Å². The topological polar surface area (TPSA) is 81.4 Å². The molecule has 114 valence electrons. The Morgan fingerprint density at radius 1 is 1.30 bits per heavy atom. The van der Waals surface area contributed by atoms with Gasteiger partial charge in [0, 0.05) is 19.7 Å². The molecule has 0 spiro atoms. The maximum atomic E-state index is 12.2. The number of hydrogen-bond acceptors (Lipinski definition) is 4. The van der Waals surface area contributed by atoms with Crippen LogP contribution < -0.4 is 10.5 Å². The minimum absolute atomic E-state index is 0.0513. The Hall–Kier alpha value is -0.950. The van der Waals surface area contributed by atoms with Gasteiger partial charge in [0.25, 0.3) is 0 Å². The summed E-state index contributed by atoms with van der Waals surface area (Å²) in [6.45, 7) is 2.73. The van der Waals surface area contributed by atoms with Gasteiger partial charge in [-0.25, -0.2) is 13.1 Å². The van der Waals surface area contributed by atoms with Gasteiger partial charge in [0.1, 0.15) is 0 Å². The third-order valence-corrected chi connectivity index (χ3v) is 4.42. The van der Waals surface area contributed by atoms with Gasteiger partial charge in [-0.3, -0.25) is 0 Å². The van der Waals surface area contributed by atoms with Crippen molar-refractivity contribution in [1.82, 2.24) is 4.72 Å². The lowest BCUT2D eigenvalue weighted by Crippen LogP contribution is -2.38. The molecule has 1 unspecified atom stereocenters. The second-order valence-corrected chi connectivity index (χ2v) is 6.54. The molecule has 3 N–H and O–H groups in total. The first kappa shape index (κ1) is 17.1. The molecule has 1 atom stereocenters. The number of rotatable bonds is 9. The molecule has 0 aromatic heterocycles. The van der Waals surface area contributed by atoms with E-state index in [0.717, 1.165) is 24.0 Å². The van der Waals surface area contributed by atoms with Crippen LogP contribution >= 0.6 is 0 Å². The molecule has 0 aliphatic rings. The number of benzene rings is 1. The smallest absolute Gasteiger partial charge is 0.216 e. The minimum Gasteiger partial charge on any atom is -0.383 e. The third kappa shape index (κ3) is 5.58. The van der Waals surface area contributed by atoms with Gasteiger partial charge in [-0.1, -0.05) is 37.6 Å². The van der Waals surface area contributed by atoms with Crippen LogP contribution in [0.5, 0.6) is 0 Å². The summed E-state index contributed by atoms with van der Waals surface area (Å²) in [7, 11) is -1.83. The molecule has 0 aliphatic carbocycles. The first-order valence-corrected chi connectivity index (χ1v) is 8.43. The predicted molar refractivity (Wildman–Crippen MR) is 80.7 cm³/mol. The van der Waals surface area contributed by atoms with Crippen molar-refractivity contribution < 1.29 is 13.2 Å². The second-order valence-electron chi connectivity index (χ2n) is 4.79. The van der Waals surface area contributed by atoms with E-state index in [9.17, 15) is 8.42 Å². The summed E-state index contributed by atoms with van der Waals surface area (Å²) in [5.41, 5.74) is 7.23. The third-order valence-electron chi connectivity index (χ3n) is 3.04. The molecule has 5 nitrogen and oxygen atoms in total. The van der Waals surface area contributed by atoms with Crippen molar-refractivity contribution in [3.63, 3.8) is 0 Å². The van der Waals surface area contributed by atoms with Crippen molar-refractivity contribution in [3.8, 4) is 0 Å². The van der Waals surface area contributed by atoms with Crippen molar-refractivity contribution in [3.05, 3.63) is 35.4 Å². The van der Waals surface area contributed by atoms with E-state index in [4.69, 9.17) is 10.5 Å². The number of hydrogen-bond donors (Lipinski definition) is 2. The van der Waals surface area contributed by atoms with Gasteiger partial charge in [-0.05, 0) is 17.5 Å². The summed E-state index contributed by atoms with van der Waals surface area (Å²) in [6, 6.07) is 7.15. The Bertz CT molecular complexity index is 497. The lowest BCUT2D eigenvalue weighted by molar-refractivity contribution is 0.171. The van der Waals surface area contributed by atoms with Gasteiger partial charge in [-0.15, -0.1) is 0 Å². The normalized spacial score (nSPS) is 13.3. The van der Waals surface area contributed by atoms with E-state index < -0.39 is 10.0 Å². The standard InChI is InChI=1S/C14H24N2O3S/c1-3-6-14(10-19-2)16-20(17,18)11-13-8-5-4-7-12(13)9-15/h4-5,7-8,14,16H,3,6,9-11,15H2,1-2H3. The molecule has 20 heavy (non-hydrogen) atoms. The van der Waals surface area contributed by atoms with Crippen molar-refractivity contribution in [2.75, 3.05) is 13.7 Å². The zero-order valence-electron chi connectivity index (χ0n) is 12.1. The van der Waals surface area contributed by atoms with E-state index in [1.807, 2.05) is 25.1 Å². The van der Waals surface area contributed by atoms with Gasteiger partial charge < -0.3 is 10.5 Å². The van der Waals surface area contributed by atoms with Crippen LogP contribution in [-0.4, -0.2) is 28.2 Å². The average Bonchev–Trinajstić information content (AvgIpc) is 2.39. The summed E-state index contributed by atoms with van der Waals surface area (Å²) < 4.78 is 32.2. The fourth-order valence-corrected chi connectivity index (χ4v) is 3.59. The van der Waals surface area contributed by atoms with Crippen LogP contribution in [0.4, 0.5) is 0 Å². The maximum absolute atomic E-state index is 12.2. The van der Waals surface area contributed by atoms with Gasteiger partial charge in [0.2, 0.25) is 10.0 Å². The Kier molecular flexibility index (Phi) is 7.15. The van der Waals surface area contributed by atoms with Crippen molar-refractivity contribution >= 4 is 10.0 Å². The highest BCUT2D eigenvalue weighted by Crippen LogP contribution is 2.12. The molecule has 0 saturated heterocycles. The Balaban J connectivity index is 2.78. The van der Waals surface area contributed by atoms with Crippen molar-refractivity contribution in [1.29, 1.82) is 0 Å². The van der Waals surface area contributed by atoms with Gasteiger partial charge >= 0.3 is 0 Å². The minimum atomic E-state index is -3.40. The number of ether oxygens (including phenoxy) is 1. The fraction of sp³-hybridized carbons (Fsp3) is 0.571. The quantitative estimate of drug-likeness (QED) is 0.722. The molecule has 0 heterocycles. The molecule has 0 amide bonds. The van der Waals surface area contributed by atoms with Crippen LogP contribution in [0.3, 0.4) is 0 Å². The van der Waals surface area contributed by atoms with Crippen LogP contribution in [0.1, 0.15) is 30.9 Å². The molecule has 0 bridgehead atoms. The van der Waals surface area contributed by atoms with Crippen molar-refractivity contribution in [2.24, 2.45) is 5.73 Å². The molecule has 6 heteroatoms. The number of nitrogens with one attached hydrogen (secondary N) is 1. The van der Waals surface area contributed by atoms with Gasteiger partial charge in [0.15, 0.2) is 0 Å². The predicted octanol–water partition coefficient (Wildman–Crippen LogP) is 1.38. The molecule has 1 aromatic rings. The SMILES string of the molecule is CCCC(COC)NS(=O)(=O)Cc1ccccc1CN. The van der Waals surface area contributed by atoms with E-state index in [1.54, 1.807) is 13.2 Å².